The average Bonchev–Trinajstić information content (AvgIpc) is 3.08. The van der Waals surface area contributed by atoms with Crippen LogP contribution in [0.4, 0.5) is 21.8 Å². The first-order valence-electron chi connectivity index (χ1n) is 8.16. The second-order valence-electron chi connectivity index (χ2n) is 5.89. The molecule has 1 aliphatic heterocycles. The van der Waals surface area contributed by atoms with E-state index in [0.29, 0.717) is 24.1 Å². The maximum atomic E-state index is 13.0. The van der Waals surface area contributed by atoms with E-state index in [9.17, 15) is 4.39 Å². The van der Waals surface area contributed by atoms with E-state index >= 15 is 0 Å². The molecular weight excluding hydrogens is 335 g/mol. The van der Waals surface area contributed by atoms with Crippen LogP contribution in [0.5, 0.6) is 11.5 Å². The molecule has 132 valence electrons. The minimum Gasteiger partial charge on any atom is -0.454 e. The van der Waals surface area contributed by atoms with E-state index in [1.807, 2.05) is 31.2 Å². The van der Waals surface area contributed by atoms with Gasteiger partial charge in [0, 0.05) is 30.1 Å². The van der Waals surface area contributed by atoms with Gasteiger partial charge >= 0.3 is 0 Å². The molecule has 0 unspecified atom stereocenters. The van der Waals surface area contributed by atoms with Crippen molar-refractivity contribution in [3.8, 4) is 11.5 Å². The topological polar surface area (TPSA) is 68.3 Å². The third-order valence-corrected chi connectivity index (χ3v) is 3.86. The number of rotatable bonds is 5. The average molecular weight is 352 g/mol. The van der Waals surface area contributed by atoms with Crippen LogP contribution < -0.4 is 20.1 Å². The molecule has 26 heavy (non-hydrogen) atoms. The summed E-state index contributed by atoms with van der Waals surface area (Å²) in [4.78, 5) is 8.86. The van der Waals surface area contributed by atoms with Crippen LogP contribution in [-0.2, 0) is 6.54 Å². The van der Waals surface area contributed by atoms with Gasteiger partial charge in [-0.1, -0.05) is 12.1 Å². The summed E-state index contributed by atoms with van der Waals surface area (Å²) >= 11 is 0. The highest BCUT2D eigenvalue weighted by atomic mass is 19.1. The van der Waals surface area contributed by atoms with E-state index in [2.05, 4.69) is 20.6 Å². The van der Waals surface area contributed by atoms with Crippen molar-refractivity contribution in [2.24, 2.45) is 0 Å². The summed E-state index contributed by atoms with van der Waals surface area (Å²) in [5.74, 6) is 2.35. The predicted octanol–water partition coefficient (Wildman–Crippen LogP) is 4.01. The van der Waals surface area contributed by atoms with Crippen molar-refractivity contribution in [1.82, 2.24) is 9.97 Å². The van der Waals surface area contributed by atoms with Crippen LogP contribution in [0.3, 0.4) is 0 Å². The Kier molecular flexibility index (Phi) is 4.27. The van der Waals surface area contributed by atoms with Crippen LogP contribution in [0.1, 0.15) is 11.3 Å². The van der Waals surface area contributed by atoms with Gasteiger partial charge < -0.3 is 20.1 Å². The first-order chi connectivity index (χ1) is 12.7. The Morgan fingerprint density at radius 2 is 1.81 bits per heavy atom. The number of nitrogens with one attached hydrogen (secondary N) is 2. The van der Waals surface area contributed by atoms with Gasteiger partial charge in [-0.15, -0.1) is 0 Å². The molecule has 2 N–H and O–H groups in total. The van der Waals surface area contributed by atoms with Crippen molar-refractivity contribution in [2.75, 3.05) is 17.4 Å². The number of aryl methyl sites for hydroxylation is 1. The van der Waals surface area contributed by atoms with Crippen molar-refractivity contribution in [2.45, 2.75) is 13.5 Å². The second-order valence-corrected chi connectivity index (χ2v) is 5.89. The summed E-state index contributed by atoms with van der Waals surface area (Å²) in [6.45, 7) is 2.64. The number of hydrogen-bond acceptors (Lipinski definition) is 6. The first kappa shape index (κ1) is 16.1. The molecule has 1 aromatic heterocycles. The normalized spacial score (nSPS) is 12.1. The third-order valence-electron chi connectivity index (χ3n) is 3.86. The van der Waals surface area contributed by atoms with Gasteiger partial charge in [-0.3, -0.25) is 0 Å². The summed E-state index contributed by atoms with van der Waals surface area (Å²) < 4.78 is 23.7. The van der Waals surface area contributed by atoms with Crippen LogP contribution in [-0.4, -0.2) is 16.8 Å². The summed E-state index contributed by atoms with van der Waals surface area (Å²) in [6, 6.07) is 13.8. The van der Waals surface area contributed by atoms with Gasteiger partial charge in [0.15, 0.2) is 11.5 Å². The van der Waals surface area contributed by atoms with E-state index in [4.69, 9.17) is 9.47 Å². The van der Waals surface area contributed by atoms with Crippen LogP contribution >= 0.6 is 0 Å². The van der Waals surface area contributed by atoms with E-state index < -0.39 is 0 Å². The van der Waals surface area contributed by atoms with Crippen molar-refractivity contribution in [3.63, 3.8) is 0 Å². The van der Waals surface area contributed by atoms with Gasteiger partial charge in [0.1, 0.15) is 11.6 Å². The lowest BCUT2D eigenvalue weighted by molar-refractivity contribution is 0.174. The third kappa shape index (κ3) is 3.66. The van der Waals surface area contributed by atoms with E-state index in [1.165, 1.54) is 12.1 Å². The van der Waals surface area contributed by atoms with E-state index in [0.717, 1.165) is 22.7 Å². The van der Waals surface area contributed by atoms with Gasteiger partial charge in [-0.2, -0.15) is 4.98 Å². The fourth-order valence-corrected chi connectivity index (χ4v) is 2.62. The quantitative estimate of drug-likeness (QED) is 0.723. The number of nitrogens with zero attached hydrogens (tertiary/aromatic N) is 2. The molecule has 0 saturated carbocycles. The lowest BCUT2D eigenvalue weighted by Gasteiger charge is -2.10. The Morgan fingerprint density at radius 3 is 2.65 bits per heavy atom. The summed E-state index contributed by atoms with van der Waals surface area (Å²) in [7, 11) is 0. The Morgan fingerprint density at radius 1 is 1.00 bits per heavy atom. The fraction of sp³-hybridized carbons (Fsp3) is 0.158. The lowest BCUT2D eigenvalue weighted by atomic mass is 10.2. The summed E-state index contributed by atoms with van der Waals surface area (Å²) in [6.07, 6.45) is 0. The summed E-state index contributed by atoms with van der Waals surface area (Å²) in [5.41, 5.74) is 2.61. The first-order valence-corrected chi connectivity index (χ1v) is 8.16. The zero-order chi connectivity index (χ0) is 17.9. The highest BCUT2D eigenvalue weighted by molar-refractivity contribution is 5.62. The van der Waals surface area contributed by atoms with Crippen LogP contribution in [0, 0.1) is 12.7 Å². The molecule has 0 saturated heterocycles. The molecule has 0 amide bonds. The maximum absolute atomic E-state index is 13.0. The molecule has 0 atom stereocenters. The standard InChI is InChI=1S/C19H17FN4O2/c1-12-8-18(23-15-6-7-16-17(9-15)26-11-25-16)24-19(22-12)21-10-13-2-4-14(20)5-3-13/h2-9H,10-11H2,1H3,(H2,21,22,23,24). The Hall–Kier alpha value is -3.35. The second kappa shape index (κ2) is 6.87. The van der Waals surface area contributed by atoms with Crippen molar-refractivity contribution in [1.29, 1.82) is 0 Å². The van der Waals surface area contributed by atoms with Gasteiger partial charge in [0.05, 0.1) is 0 Å². The molecule has 4 rings (SSSR count). The predicted molar refractivity (Wildman–Crippen MR) is 96.3 cm³/mol. The molecular formula is C19H17FN4O2. The molecule has 0 bridgehead atoms. The molecule has 3 aromatic rings. The Bertz CT molecular complexity index is 931. The molecule has 1 aliphatic rings. The number of benzene rings is 2. The smallest absolute Gasteiger partial charge is 0.231 e. The van der Waals surface area contributed by atoms with Crippen molar-refractivity contribution >= 4 is 17.5 Å². The SMILES string of the molecule is Cc1cc(Nc2ccc3c(c2)OCO3)nc(NCc2ccc(F)cc2)n1. The minimum atomic E-state index is -0.254. The Labute approximate surface area is 150 Å². The molecule has 0 radical (unpaired) electrons. The van der Waals surface area contributed by atoms with Crippen molar-refractivity contribution < 1.29 is 13.9 Å². The number of halogens is 1. The highest BCUT2D eigenvalue weighted by Gasteiger charge is 2.13. The van der Waals surface area contributed by atoms with Gasteiger partial charge in [0.25, 0.3) is 0 Å². The van der Waals surface area contributed by atoms with E-state index in [1.54, 1.807) is 12.1 Å². The highest BCUT2D eigenvalue weighted by Crippen LogP contribution is 2.35. The van der Waals surface area contributed by atoms with Gasteiger partial charge in [-0.05, 0) is 36.8 Å². The largest absolute Gasteiger partial charge is 0.454 e. The number of hydrogen-bond donors (Lipinski definition) is 2. The lowest BCUT2D eigenvalue weighted by Crippen LogP contribution is -2.06. The number of aromatic nitrogens is 2. The zero-order valence-corrected chi connectivity index (χ0v) is 14.1. The molecule has 2 heterocycles. The van der Waals surface area contributed by atoms with Crippen LogP contribution in [0.2, 0.25) is 0 Å². The molecule has 2 aromatic carbocycles. The molecule has 0 spiro atoms. The zero-order valence-electron chi connectivity index (χ0n) is 14.1. The van der Waals surface area contributed by atoms with E-state index in [-0.39, 0.29) is 12.6 Å². The van der Waals surface area contributed by atoms with Crippen LogP contribution in [0.15, 0.2) is 48.5 Å². The number of ether oxygens (including phenoxy) is 2. The maximum Gasteiger partial charge on any atom is 0.231 e. The van der Waals surface area contributed by atoms with Crippen LogP contribution in [0.25, 0.3) is 0 Å². The minimum absolute atomic E-state index is 0.239. The number of anilines is 3. The number of fused-ring (bicyclic) bond motifs is 1. The fourth-order valence-electron chi connectivity index (χ4n) is 2.62. The molecule has 0 fully saturated rings. The Balaban J connectivity index is 1.48. The molecule has 7 heteroatoms. The monoisotopic (exact) mass is 352 g/mol. The molecule has 6 nitrogen and oxygen atoms in total. The van der Waals surface area contributed by atoms with Gasteiger partial charge in [-0.25, -0.2) is 9.37 Å². The van der Waals surface area contributed by atoms with Gasteiger partial charge in [0.2, 0.25) is 12.7 Å². The summed E-state index contributed by atoms with van der Waals surface area (Å²) in [5, 5.41) is 6.40. The molecule has 0 aliphatic carbocycles. The van der Waals surface area contributed by atoms with Crippen molar-refractivity contribution in [3.05, 3.63) is 65.6 Å².